The minimum Gasteiger partial charge on any atom is -0.229 e. The van der Waals surface area contributed by atoms with E-state index in [1.807, 2.05) is 0 Å². The third-order valence-electron chi connectivity index (χ3n) is 4.47. The minimum atomic E-state index is -0.272. The third kappa shape index (κ3) is 3.05. The number of aryl methyl sites for hydroxylation is 1. The van der Waals surface area contributed by atoms with Crippen LogP contribution in [-0.2, 0) is 12.8 Å². The molecule has 0 fully saturated rings. The molecule has 0 amide bonds. The van der Waals surface area contributed by atoms with Gasteiger partial charge in [-0.15, -0.1) is 0 Å². The molecule has 1 heterocycles. The Morgan fingerprint density at radius 1 is 0.920 bits per heavy atom. The van der Waals surface area contributed by atoms with E-state index >= 15 is 0 Å². The van der Waals surface area contributed by atoms with Crippen molar-refractivity contribution in [3.63, 3.8) is 0 Å². The quantitative estimate of drug-likeness (QED) is 0.483. The van der Waals surface area contributed by atoms with Crippen LogP contribution in [0.2, 0.25) is 15.1 Å². The topological polar surface area (TPSA) is 17.8 Å². The van der Waals surface area contributed by atoms with Crippen LogP contribution in [0.3, 0.4) is 0 Å². The molecule has 0 aliphatic heterocycles. The van der Waals surface area contributed by atoms with Crippen LogP contribution in [0.15, 0.2) is 36.4 Å². The number of nitrogens with zero attached hydrogens (tertiary/aromatic N) is 2. The molecule has 0 saturated carbocycles. The molecule has 2 nitrogen and oxygen atoms in total. The molecule has 3 aromatic rings. The SMILES string of the molecule is Fc1ccc(-c2c3c(nn2-c2c(Cl)cc(Cl)cc2Cl)CCCC3)cc1. The molecule has 0 saturated heterocycles. The Labute approximate surface area is 160 Å². The van der Waals surface area contributed by atoms with Gasteiger partial charge in [-0.1, -0.05) is 34.8 Å². The highest BCUT2D eigenvalue weighted by molar-refractivity contribution is 6.40. The number of hydrogen-bond donors (Lipinski definition) is 0. The Balaban J connectivity index is 2.00. The number of fused-ring (bicyclic) bond motifs is 1. The Kier molecular flexibility index (Phi) is 4.48. The molecule has 0 unspecified atom stereocenters. The van der Waals surface area contributed by atoms with Crippen molar-refractivity contribution in [1.29, 1.82) is 0 Å². The van der Waals surface area contributed by atoms with E-state index in [9.17, 15) is 4.39 Å². The van der Waals surface area contributed by atoms with Crippen molar-refractivity contribution in [2.24, 2.45) is 0 Å². The van der Waals surface area contributed by atoms with Gasteiger partial charge >= 0.3 is 0 Å². The predicted octanol–water partition coefficient (Wildman–Crippen LogP) is 6.52. The van der Waals surface area contributed by atoms with Crippen LogP contribution in [0.25, 0.3) is 16.9 Å². The summed E-state index contributed by atoms with van der Waals surface area (Å²) in [6, 6.07) is 9.73. The van der Waals surface area contributed by atoms with Gasteiger partial charge in [0.15, 0.2) is 0 Å². The van der Waals surface area contributed by atoms with Gasteiger partial charge in [0.05, 0.1) is 21.4 Å². The summed E-state index contributed by atoms with van der Waals surface area (Å²) in [6.45, 7) is 0. The number of hydrogen-bond acceptors (Lipinski definition) is 1. The van der Waals surface area contributed by atoms with Gasteiger partial charge in [0.25, 0.3) is 0 Å². The van der Waals surface area contributed by atoms with E-state index in [1.165, 1.54) is 17.7 Å². The van der Waals surface area contributed by atoms with Gasteiger partial charge < -0.3 is 0 Å². The summed E-state index contributed by atoms with van der Waals surface area (Å²) in [5.41, 5.74) is 4.63. The highest BCUT2D eigenvalue weighted by Gasteiger charge is 2.24. The van der Waals surface area contributed by atoms with Crippen molar-refractivity contribution in [3.05, 3.63) is 68.5 Å². The Bertz CT molecular complexity index is 925. The predicted molar refractivity (Wildman–Crippen MR) is 101 cm³/mol. The standard InChI is InChI=1S/C19H14Cl3FN2/c20-12-9-15(21)19(16(22)10-12)25-18(11-5-7-13(23)8-6-11)14-3-1-2-4-17(14)24-25/h5-10H,1-4H2. The molecular formula is C19H14Cl3FN2. The van der Waals surface area contributed by atoms with Crippen molar-refractivity contribution in [2.75, 3.05) is 0 Å². The third-order valence-corrected chi connectivity index (χ3v) is 5.26. The van der Waals surface area contributed by atoms with Crippen LogP contribution in [0.1, 0.15) is 24.1 Å². The Hall–Kier alpha value is -1.55. The first-order chi connectivity index (χ1) is 12.0. The number of halogens is 4. The fourth-order valence-corrected chi connectivity index (χ4v) is 4.33. The Morgan fingerprint density at radius 2 is 1.56 bits per heavy atom. The molecule has 4 rings (SSSR count). The van der Waals surface area contributed by atoms with Crippen molar-refractivity contribution in [2.45, 2.75) is 25.7 Å². The summed E-state index contributed by atoms with van der Waals surface area (Å²) in [7, 11) is 0. The maximum absolute atomic E-state index is 13.4. The molecule has 0 N–H and O–H groups in total. The van der Waals surface area contributed by atoms with E-state index in [-0.39, 0.29) is 5.82 Å². The van der Waals surface area contributed by atoms with Crippen molar-refractivity contribution in [1.82, 2.24) is 9.78 Å². The maximum Gasteiger partial charge on any atom is 0.123 e. The summed E-state index contributed by atoms with van der Waals surface area (Å²) < 4.78 is 15.2. The number of aromatic nitrogens is 2. The molecule has 128 valence electrons. The van der Waals surface area contributed by atoms with Crippen LogP contribution in [-0.4, -0.2) is 9.78 Å². The Morgan fingerprint density at radius 3 is 2.24 bits per heavy atom. The minimum absolute atomic E-state index is 0.272. The second-order valence-corrected chi connectivity index (χ2v) is 7.37. The van der Waals surface area contributed by atoms with E-state index in [4.69, 9.17) is 39.9 Å². The van der Waals surface area contributed by atoms with Gasteiger partial charge in [-0.05, 0) is 62.1 Å². The van der Waals surface area contributed by atoms with Gasteiger partial charge in [0.2, 0.25) is 0 Å². The molecule has 2 aromatic carbocycles. The lowest BCUT2D eigenvalue weighted by Gasteiger charge is -2.14. The molecular weight excluding hydrogens is 382 g/mol. The summed E-state index contributed by atoms with van der Waals surface area (Å²) in [5.74, 6) is -0.272. The van der Waals surface area contributed by atoms with Crippen molar-refractivity contribution >= 4 is 34.8 Å². The number of rotatable bonds is 2. The van der Waals surface area contributed by atoms with Gasteiger partial charge in [0.1, 0.15) is 11.5 Å². The normalized spacial score (nSPS) is 13.8. The summed E-state index contributed by atoms with van der Waals surface area (Å²) in [6.07, 6.45) is 4.06. The van der Waals surface area contributed by atoms with E-state index in [0.717, 1.165) is 42.6 Å². The van der Waals surface area contributed by atoms with Gasteiger partial charge in [-0.25, -0.2) is 9.07 Å². The fraction of sp³-hybridized carbons (Fsp3) is 0.211. The molecule has 0 bridgehead atoms. The second-order valence-electron chi connectivity index (χ2n) is 6.12. The van der Waals surface area contributed by atoms with Crippen LogP contribution in [0.4, 0.5) is 4.39 Å². The second kappa shape index (κ2) is 6.64. The van der Waals surface area contributed by atoms with E-state index in [2.05, 4.69) is 0 Å². The molecule has 6 heteroatoms. The van der Waals surface area contributed by atoms with Gasteiger partial charge in [-0.2, -0.15) is 5.10 Å². The lowest BCUT2D eigenvalue weighted by atomic mass is 9.93. The average Bonchev–Trinajstić information content (AvgIpc) is 2.93. The fourth-order valence-electron chi connectivity index (χ4n) is 3.36. The first kappa shape index (κ1) is 16.9. The van der Waals surface area contributed by atoms with Gasteiger partial charge in [0, 0.05) is 16.1 Å². The molecule has 0 radical (unpaired) electrons. The summed E-state index contributed by atoms with van der Waals surface area (Å²) >= 11 is 18.9. The van der Waals surface area contributed by atoms with Crippen molar-refractivity contribution in [3.8, 4) is 16.9 Å². The summed E-state index contributed by atoms with van der Waals surface area (Å²) in [5, 5.41) is 6.12. The first-order valence-electron chi connectivity index (χ1n) is 8.06. The number of benzene rings is 2. The highest BCUT2D eigenvalue weighted by atomic mass is 35.5. The zero-order valence-corrected chi connectivity index (χ0v) is 15.5. The van der Waals surface area contributed by atoms with Crippen LogP contribution >= 0.6 is 34.8 Å². The lowest BCUT2D eigenvalue weighted by Crippen LogP contribution is -2.02. The zero-order chi connectivity index (χ0) is 17.6. The smallest absolute Gasteiger partial charge is 0.123 e. The molecule has 25 heavy (non-hydrogen) atoms. The molecule has 1 aliphatic carbocycles. The molecule has 0 spiro atoms. The maximum atomic E-state index is 13.4. The van der Waals surface area contributed by atoms with Crippen LogP contribution < -0.4 is 0 Å². The lowest BCUT2D eigenvalue weighted by molar-refractivity contribution is 0.628. The highest BCUT2D eigenvalue weighted by Crippen LogP contribution is 2.38. The summed E-state index contributed by atoms with van der Waals surface area (Å²) in [4.78, 5) is 0. The van der Waals surface area contributed by atoms with Crippen LogP contribution in [0, 0.1) is 5.82 Å². The molecule has 1 aromatic heterocycles. The van der Waals surface area contributed by atoms with Crippen LogP contribution in [0.5, 0.6) is 0 Å². The van der Waals surface area contributed by atoms with E-state index in [1.54, 1.807) is 28.9 Å². The largest absolute Gasteiger partial charge is 0.229 e. The molecule has 0 atom stereocenters. The van der Waals surface area contributed by atoms with Crippen molar-refractivity contribution < 1.29 is 4.39 Å². The molecule has 1 aliphatic rings. The average molecular weight is 396 g/mol. The van der Waals surface area contributed by atoms with Gasteiger partial charge in [-0.3, -0.25) is 0 Å². The van der Waals surface area contributed by atoms with E-state index in [0.29, 0.717) is 20.8 Å². The van der Waals surface area contributed by atoms with E-state index < -0.39 is 0 Å². The zero-order valence-electron chi connectivity index (χ0n) is 13.2. The monoisotopic (exact) mass is 394 g/mol. The first-order valence-corrected chi connectivity index (χ1v) is 9.19.